The molecule has 23 heteroatoms. The van der Waals surface area contributed by atoms with Gasteiger partial charge in [0.15, 0.2) is 29.5 Å². The number of aliphatic hydroxyl groups is 2. The first-order chi connectivity index (χ1) is 28.6. The van der Waals surface area contributed by atoms with Gasteiger partial charge in [0.1, 0.15) is 11.2 Å². The molecule has 4 N–H and O–H groups in total. The van der Waals surface area contributed by atoms with Crippen molar-refractivity contribution in [2.75, 3.05) is 133 Å². The number of likely N-dealkylation sites (tertiary alicyclic amines) is 2. The first-order valence-electron chi connectivity index (χ1n) is 22.1. The van der Waals surface area contributed by atoms with Gasteiger partial charge in [0.05, 0.1) is 57.9 Å². The van der Waals surface area contributed by atoms with Crippen molar-refractivity contribution in [3.8, 4) is 0 Å². The number of piperidine rings is 3. The van der Waals surface area contributed by atoms with Gasteiger partial charge in [0.2, 0.25) is 0 Å². The van der Waals surface area contributed by atoms with Crippen molar-refractivity contribution in [2.45, 2.75) is 108 Å². The van der Waals surface area contributed by atoms with Gasteiger partial charge < -0.3 is 44.9 Å². The van der Waals surface area contributed by atoms with Crippen LogP contribution < -0.4 is 10.6 Å². The summed E-state index contributed by atoms with van der Waals surface area (Å²) in [5, 5.41) is 27.2. The summed E-state index contributed by atoms with van der Waals surface area (Å²) >= 11 is 0. The number of nitrogens with zero attached hydrogens (tertiary/aromatic N) is 4. The van der Waals surface area contributed by atoms with E-state index < -0.39 is 51.9 Å². The quantitative estimate of drug-likeness (QED) is 0.281. The van der Waals surface area contributed by atoms with E-state index in [2.05, 4.69) is 15.5 Å². The van der Waals surface area contributed by atoms with Gasteiger partial charge in [-0.2, -0.15) is 0 Å². The zero-order chi connectivity index (χ0) is 46.1. The van der Waals surface area contributed by atoms with Crippen molar-refractivity contribution in [3.63, 3.8) is 0 Å². The molecule has 0 aromatic carbocycles. The molecular formula is C40H77ClN6O13S3. The van der Waals surface area contributed by atoms with Crippen LogP contribution in [0.25, 0.3) is 0 Å². The Morgan fingerprint density at radius 2 is 0.857 bits per heavy atom. The van der Waals surface area contributed by atoms with Gasteiger partial charge in [0.25, 0.3) is 0 Å². The Morgan fingerprint density at radius 1 is 0.540 bits per heavy atom. The molecular weight excluding hydrogens is 904 g/mol. The van der Waals surface area contributed by atoms with Crippen molar-refractivity contribution in [3.05, 3.63) is 0 Å². The molecule has 1 spiro atoms. The smallest absolute Gasteiger partial charge is 0.410 e. The third-order valence-electron chi connectivity index (χ3n) is 11.8. The molecule has 7 fully saturated rings. The fourth-order valence-electron chi connectivity index (χ4n) is 7.79. The van der Waals surface area contributed by atoms with Gasteiger partial charge in [-0.1, -0.05) is 0 Å². The Labute approximate surface area is 382 Å². The molecule has 7 aliphatic heterocycles. The van der Waals surface area contributed by atoms with Crippen LogP contribution in [0, 0.1) is 0 Å². The Morgan fingerprint density at radius 3 is 1.17 bits per heavy atom. The van der Waals surface area contributed by atoms with E-state index in [9.17, 15) is 45.1 Å². The number of sulfone groups is 3. The predicted molar refractivity (Wildman–Crippen MR) is 244 cm³/mol. The summed E-state index contributed by atoms with van der Waals surface area (Å²) in [5.41, 5.74) is -2.28. The Balaban J connectivity index is 0.000000234. The van der Waals surface area contributed by atoms with E-state index in [1.165, 1.54) is 0 Å². The molecule has 0 atom stereocenters. The summed E-state index contributed by atoms with van der Waals surface area (Å²) < 4.78 is 82.7. The van der Waals surface area contributed by atoms with Crippen LogP contribution in [-0.2, 0) is 43.7 Å². The van der Waals surface area contributed by atoms with Crippen LogP contribution in [0.3, 0.4) is 0 Å². The van der Waals surface area contributed by atoms with Gasteiger partial charge in [-0.3, -0.25) is 9.80 Å². The largest absolute Gasteiger partial charge is 0.444 e. The van der Waals surface area contributed by atoms with Gasteiger partial charge in [0, 0.05) is 78.5 Å². The third-order valence-corrected chi connectivity index (χ3v) is 16.7. The maximum Gasteiger partial charge on any atom is 0.410 e. The average Bonchev–Trinajstić information content (AvgIpc) is 3.91. The Hall–Kier alpha value is -1.60. The van der Waals surface area contributed by atoms with Crippen molar-refractivity contribution in [2.24, 2.45) is 0 Å². The number of carbonyl (C=O) groups is 2. The second-order valence-corrected chi connectivity index (χ2v) is 26.8. The number of ether oxygens (including phenoxy) is 3. The summed E-state index contributed by atoms with van der Waals surface area (Å²) in [5.74, 6) is 1.42. The number of epoxide rings is 1. The van der Waals surface area contributed by atoms with Crippen molar-refractivity contribution >= 4 is 54.1 Å². The molecule has 0 aromatic heterocycles. The summed E-state index contributed by atoms with van der Waals surface area (Å²) in [7, 11) is -8.36. The van der Waals surface area contributed by atoms with E-state index in [4.69, 9.17) is 14.2 Å². The SMILES string of the molecule is CC(C)(C)OC(=O)N1CCC(O)(CN2CCS(=O)(=O)CC2)CC1.CC(C)(C)OC(=O)N1CCC2(CC1)CO2.Cl.O=S1(=O)CCN(CC2(O)CCNCC2)CC1.O=S1(=O)CCNCC1. The predicted octanol–water partition coefficient (Wildman–Crippen LogP) is 0.523. The molecule has 0 aromatic rings. The lowest BCUT2D eigenvalue weighted by Gasteiger charge is -2.41. The number of hydrogen-bond donors (Lipinski definition) is 4. The second kappa shape index (κ2) is 22.9. The molecule has 7 rings (SSSR count). The van der Waals surface area contributed by atoms with Crippen LogP contribution in [0.1, 0.15) is 80.1 Å². The topological polar surface area (TPSA) is 245 Å². The molecule has 0 radical (unpaired) electrons. The number of amides is 2. The highest BCUT2D eigenvalue weighted by Gasteiger charge is 2.48. The Kier molecular flexibility index (Phi) is 20.3. The molecule has 370 valence electrons. The van der Waals surface area contributed by atoms with Gasteiger partial charge >= 0.3 is 12.2 Å². The van der Waals surface area contributed by atoms with Crippen molar-refractivity contribution in [1.82, 2.24) is 30.2 Å². The van der Waals surface area contributed by atoms with E-state index >= 15 is 0 Å². The maximum absolute atomic E-state index is 12.0. The molecule has 2 amide bonds. The maximum atomic E-state index is 12.0. The molecule has 7 aliphatic rings. The summed E-state index contributed by atoms with van der Waals surface area (Å²) in [6, 6.07) is 0. The number of carbonyl (C=O) groups excluding carboxylic acids is 2. The monoisotopic (exact) mass is 980 g/mol. The molecule has 0 saturated carbocycles. The molecule has 19 nitrogen and oxygen atoms in total. The second-order valence-electron chi connectivity index (χ2n) is 19.9. The zero-order valence-electron chi connectivity index (χ0n) is 38.4. The molecule has 63 heavy (non-hydrogen) atoms. The van der Waals surface area contributed by atoms with E-state index in [1.54, 1.807) is 9.80 Å². The van der Waals surface area contributed by atoms with E-state index in [0.717, 1.165) is 58.5 Å². The van der Waals surface area contributed by atoms with E-state index in [-0.39, 0.29) is 53.2 Å². The van der Waals surface area contributed by atoms with Crippen LogP contribution >= 0.6 is 12.4 Å². The zero-order valence-corrected chi connectivity index (χ0v) is 41.7. The molecule has 0 bridgehead atoms. The average molecular weight is 982 g/mol. The lowest BCUT2D eigenvalue weighted by atomic mass is 9.91. The lowest BCUT2D eigenvalue weighted by Crippen LogP contribution is -2.54. The van der Waals surface area contributed by atoms with E-state index in [1.807, 2.05) is 46.4 Å². The normalized spacial score (nSPS) is 26.0. The number of halogens is 1. The summed E-state index contributed by atoms with van der Waals surface area (Å²) in [6.07, 6.45) is 3.84. The Bertz CT molecular complexity index is 1760. The van der Waals surface area contributed by atoms with Crippen LogP contribution in [0.5, 0.6) is 0 Å². The number of hydrogen-bond acceptors (Lipinski definition) is 17. The molecule has 0 aliphatic carbocycles. The van der Waals surface area contributed by atoms with Crippen LogP contribution in [-0.4, -0.2) is 228 Å². The standard InChI is InChI=1S/C15H28N2O5S.C11H19NO3.C10H20N2O3S.C4H9NO2S.ClH/c1-14(2,3)22-13(18)17-6-4-15(19,5-7-17)12-16-8-10-23(20,21)11-9-16;1-10(2,3)15-9(13)12-6-4-11(5-7-12)8-14-11;13-10(1-3-11-4-2-10)9-12-5-7-16(14,15)8-6-12;6-8(7)3-1-5-2-4-8;/h19H,4-12H2,1-3H3;4-8H2,1-3H3;11,13H,1-9H2;5H,1-4H2;1H. The number of β-amino-alcohol motifs (C(OH)–C–C–N with tert-alkyl or cyclic N) is 2. The molecule has 0 unspecified atom stereocenters. The summed E-state index contributed by atoms with van der Waals surface area (Å²) in [6.45, 7) is 20.6. The third kappa shape index (κ3) is 20.8. The minimum atomic E-state index is -2.91. The van der Waals surface area contributed by atoms with E-state index in [0.29, 0.717) is 89.8 Å². The highest BCUT2D eigenvalue weighted by molar-refractivity contribution is 7.92. The minimum Gasteiger partial charge on any atom is -0.444 e. The minimum absolute atomic E-state index is 0. The van der Waals surface area contributed by atoms with Crippen LogP contribution in [0.2, 0.25) is 0 Å². The summed E-state index contributed by atoms with van der Waals surface area (Å²) in [4.78, 5) is 31.2. The fourth-order valence-corrected chi connectivity index (χ4v) is 11.5. The fraction of sp³-hybridized carbons (Fsp3) is 0.950. The van der Waals surface area contributed by atoms with Gasteiger partial charge in [-0.25, -0.2) is 34.8 Å². The van der Waals surface area contributed by atoms with Crippen molar-refractivity contribution in [1.29, 1.82) is 0 Å². The van der Waals surface area contributed by atoms with Crippen LogP contribution in [0.15, 0.2) is 0 Å². The molecule has 7 heterocycles. The van der Waals surface area contributed by atoms with Crippen LogP contribution in [0.4, 0.5) is 9.59 Å². The molecule has 7 saturated heterocycles. The highest BCUT2D eigenvalue weighted by Crippen LogP contribution is 2.38. The first kappa shape index (κ1) is 55.7. The lowest BCUT2D eigenvalue weighted by molar-refractivity contribution is -0.0491. The number of rotatable bonds is 4. The highest BCUT2D eigenvalue weighted by atomic mass is 35.5. The number of nitrogens with one attached hydrogen (secondary N) is 2. The van der Waals surface area contributed by atoms with Gasteiger partial charge in [-0.05, 0) is 93.2 Å². The van der Waals surface area contributed by atoms with Crippen molar-refractivity contribution < 1.29 is 59.3 Å². The first-order valence-corrected chi connectivity index (χ1v) is 27.6. The van der Waals surface area contributed by atoms with Gasteiger partial charge in [-0.15, -0.1) is 12.4 Å².